The van der Waals surface area contributed by atoms with Crippen LogP contribution in [-0.2, 0) is 0 Å². The van der Waals surface area contributed by atoms with Gasteiger partial charge < -0.3 is 0 Å². The van der Waals surface area contributed by atoms with E-state index in [0.29, 0.717) is 16.6 Å². The first-order valence-electron chi connectivity index (χ1n) is 6.17. The van der Waals surface area contributed by atoms with E-state index in [-0.39, 0.29) is 11.3 Å². The summed E-state index contributed by atoms with van der Waals surface area (Å²) in [5.74, 6) is -0.904. The van der Waals surface area contributed by atoms with Gasteiger partial charge in [-0.15, -0.1) is 0 Å². The molecule has 3 nitrogen and oxygen atoms in total. The molecule has 0 amide bonds. The summed E-state index contributed by atoms with van der Waals surface area (Å²) in [7, 11) is 0. The summed E-state index contributed by atoms with van der Waals surface area (Å²) < 4.78 is 13.8. The highest BCUT2D eigenvalue weighted by molar-refractivity contribution is 6.15. The molecule has 20 heavy (non-hydrogen) atoms. The Balaban J connectivity index is 2.20. The van der Waals surface area contributed by atoms with E-state index in [1.54, 1.807) is 36.5 Å². The van der Waals surface area contributed by atoms with Crippen molar-refractivity contribution in [3.63, 3.8) is 0 Å². The van der Waals surface area contributed by atoms with E-state index in [4.69, 9.17) is 0 Å². The average molecular weight is 266 g/mol. The van der Waals surface area contributed by atoms with Crippen LogP contribution < -0.4 is 0 Å². The quantitative estimate of drug-likeness (QED) is 0.668. The largest absolute Gasteiger partial charge is 0.288 e. The molecule has 0 atom stereocenters. The predicted molar refractivity (Wildman–Crippen MR) is 74.1 cm³/mol. The van der Waals surface area contributed by atoms with Gasteiger partial charge in [0.05, 0.1) is 22.2 Å². The van der Waals surface area contributed by atoms with Crippen molar-refractivity contribution in [2.45, 2.75) is 6.92 Å². The second-order valence-corrected chi connectivity index (χ2v) is 4.54. The van der Waals surface area contributed by atoms with Gasteiger partial charge in [-0.05, 0) is 31.2 Å². The molecular formula is C16H11FN2O. The van der Waals surface area contributed by atoms with Gasteiger partial charge in [0, 0.05) is 12.4 Å². The van der Waals surface area contributed by atoms with Gasteiger partial charge >= 0.3 is 0 Å². The lowest BCUT2D eigenvalue weighted by Gasteiger charge is -2.06. The lowest BCUT2D eigenvalue weighted by molar-refractivity contribution is 0.103. The van der Waals surface area contributed by atoms with Crippen LogP contribution in [0.1, 0.15) is 21.5 Å². The predicted octanol–water partition coefficient (Wildman–Crippen LogP) is 3.31. The van der Waals surface area contributed by atoms with Crippen LogP contribution >= 0.6 is 0 Å². The molecule has 1 heterocycles. The van der Waals surface area contributed by atoms with Crippen molar-refractivity contribution in [2.75, 3.05) is 0 Å². The normalized spacial score (nSPS) is 10.7. The van der Waals surface area contributed by atoms with Crippen molar-refractivity contribution >= 4 is 16.8 Å². The Morgan fingerprint density at radius 2 is 1.85 bits per heavy atom. The molecule has 0 aliphatic rings. The Hall–Kier alpha value is -2.62. The van der Waals surface area contributed by atoms with Crippen LogP contribution in [0.25, 0.3) is 11.0 Å². The summed E-state index contributed by atoms with van der Waals surface area (Å²) in [5.41, 5.74) is 2.36. The van der Waals surface area contributed by atoms with Crippen LogP contribution in [-0.4, -0.2) is 15.8 Å². The number of aromatic nitrogens is 2. The molecule has 3 rings (SSSR count). The molecule has 0 unspecified atom stereocenters. The SMILES string of the molecule is Cc1ccc(F)c(C(=O)c2cccc3nccnc23)c1. The third-order valence-corrected chi connectivity index (χ3v) is 3.11. The average Bonchev–Trinajstić information content (AvgIpc) is 2.48. The van der Waals surface area contributed by atoms with Gasteiger partial charge in [-0.2, -0.15) is 0 Å². The van der Waals surface area contributed by atoms with E-state index in [1.165, 1.54) is 12.3 Å². The molecule has 0 fully saturated rings. The van der Waals surface area contributed by atoms with Gasteiger partial charge in [0.25, 0.3) is 0 Å². The van der Waals surface area contributed by atoms with Gasteiger partial charge in [0.2, 0.25) is 0 Å². The van der Waals surface area contributed by atoms with E-state index in [0.717, 1.165) is 5.56 Å². The van der Waals surface area contributed by atoms with Crippen molar-refractivity contribution in [1.82, 2.24) is 9.97 Å². The molecular weight excluding hydrogens is 255 g/mol. The molecule has 3 aromatic rings. The minimum Gasteiger partial charge on any atom is -0.288 e. The number of hydrogen-bond acceptors (Lipinski definition) is 3. The Labute approximate surface area is 115 Å². The second kappa shape index (κ2) is 4.81. The summed E-state index contributed by atoms with van der Waals surface area (Å²) in [6.07, 6.45) is 3.08. The molecule has 98 valence electrons. The second-order valence-electron chi connectivity index (χ2n) is 4.54. The van der Waals surface area contributed by atoms with E-state index >= 15 is 0 Å². The third kappa shape index (κ3) is 2.05. The Bertz CT molecular complexity index is 809. The van der Waals surface area contributed by atoms with Crippen molar-refractivity contribution in [1.29, 1.82) is 0 Å². The summed E-state index contributed by atoms with van der Waals surface area (Å²) in [4.78, 5) is 20.8. The fraction of sp³-hybridized carbons (Fsp3) is 0.0625. The van der Waals surface area contributed by atoms with E-state index in [2.05, 4.69) is 9.97 Å². The standard InChI is InChI=1S/C16H11FN2O/c1-10-5-6-13(17)12(9-10)16(20)11-3-2-4-14-15(11)19-8-7-18-14/h2-9H,1H3. The van der Waals surface area contributed by atoms with Crippen LogP contribution in [0.2, 0.25) is 0 Å². The highest BCUT2D eigenvalue weighted by Crippen LogP contribution is 2.20. The Morgan fingerprint density at radius 3 is 2.70 bits per heavy atom. The van der Waals surface area contributed by atoms with Gasteiger partial charge in [-0.25, -0.2) is 4.39 Å². The topological polar surface area (TPSA) is 42.9 Å². The zero-order chi connectivity index (χ0) is 14.1. The number of rotatable bonds is 2. The number of para-hydroxylation sites is 1. The number of ketones is 1. The van der Waals surface area contributed by atoms with Gasteiger partial charge in [0.1, 0.15) is 5.82 Å². The summed E-state index contributed by atoms with van der Waals surface area (Å²) in [6, 6.07) is 9.62. The minimum atomic E-state index is -0.526. The fourth-order valence-electron chi connectivity index (χ4n) is 2.13. The van der Waals surface area contributed by atoms with Crippen LogP contribution in [0.5, 0.6) is 0 Å². The minimum absolute atomic E-state index is 0.0585. The van der Waals surface area contributed by atoms with Gasteiger partial charge in [-0.1, -0.05) is 17.7 Å². The Morgan fingerprint density at radius 1 is 1.05 bits per heavy atom. The van der Waals surface area contributed by atoms with E-state index in [9.17, 15) is 9.18 Å². The third-order valence-electron chi connectivity index (χ3n) is 3.11. The molecule has 0 saturated carbocycles. The van der Waals surface area contributed by atoms with Crippen LogP contribution in [0.15, 0.2) is 48.8 Å². The van der Waals surface area contributed by atoms with Crippen LogP contribution in [0.4, 0.5) is 4.39 Å². The van der Waals surface area contributed by atoms with Crippen molar-refractivity contribution < 1.29 is 9.18 Å². The molecule has 2 aromatic carbocycles. The smallest absolute Gasteiger partial charge is 0.198 e. The number of benzene rings is 2. The number of hydrogen-bond donors (Lipinski definition) is 0. The lowest BCUT2D eigenvalue weighted by Crippen LogP contribution is -2.06. The highest BCUT2D eigenvalue weighted by Gasteiger charge is 2.17. The summed E-state index contributed by atoms with van der Waals surface area (Å²) in [5, 5.41) is 0. The van der Waals surface area contributed by atoms with Gasteiger partial charge in [-0.3, -0.25) is 14.8 Å². The molecule has 0 N–H and O–H groups in total. The number of carbonyl (C=O) groups is 1. The molecule has 0 aliphatic carbocycles. The van der Waals surface area contributed by atoms with Crippen molar-refractivity contribution in [3.8, 4) is 0 Å². The van der Waals surface area contributed by atoms with E-state index in [1.807, 2.05) is 6.92 Å². The number of aryl methyl sites for hydroxylation is 1. The maximum atomic E-state index is 13.8. The highest BCUT2D eigenvalue weighted by atomic mass is 19.1. The molecule has 0 aliphatic heterocycles. The first-order chi connectivity index (χ1) is 9.66. The number of halogens is 1. The molecule has 0 radical (unpaired) electrons. The number of fused-ring (bicyclic) bond motifs is 1. The maximum Gasteiger partial charge on any atom is 0.198 e. The molecule has 0 spiro atoms. The van der Waals surface area contributed by atoms with Crippen molar-refractivity contribution in [3.05, 3.63) is 71.3 Å². The molecule has 4 heteroatoms. The Kier molecular flexibility index (Phi) is 2.99. The molecule has 0 bridgehead atoms. The lowest BCUT2D eigenvalue weighted by atomic mass is 10.00. The summed E-state index contributed by atoms with van der Waals surface area (Å²) >= 11 is 0. The fourth-order valence-corrected chi connectivity index (χ4v) is 2.13. The molecule has 1 aromatic heterocycles. The number of carbonyl (C=O) groups excluding carboxylic acids is 1. The molecule has 0 saturated heterocycles. The van der Waals surface area contributed by atoms with Crippen molar-refractivity contribution in [2.24, 2.45) is 0 Å². The first kappa shape index (κ1) is 12.4. The van der Waals surface area contributed by atoms with Gasteiger partial charge in [0.15, 0.2) is 5.78 Å². The van der Waals surface area contributed by atoms with Crippen LogP contribution in [0, 0.1) is 12.7 Å². The maximum absolute atomic E-state index is 13.8. The zero-order valence-electron chi connectivity index (χ0n) is 10.8. The monoisotopic (exact) mass is 266 g/mol. The van der Waals surface area contributed by atoms with Crippen LogP contribution in [0.3, 0.4) is 0 Å². The number of nitrogens with zero attached hydrogens (tertiary/aromatic N) is 2. The first-order valence-corrected chi connectivity index (χ1v) is 6.17. The van der Waals surface area contributed by atoms with E-state index < -0.39 is 5.82 Å². The summed E-state index contributed by atoms with van der Waals surface area (Å²) in [6.45, 7) is 1.82. The zero-order valence-corrected chi connectivity index (χ0v) is 10.8.